The molecule has 1 amide bonds. The molecule has 0 saturated carbocycles. The number of carbonyl (C=O) groups is 1. The molecule has 0 aliphatic carbocycles. The summed E-state index contributed by atoms with van der Waals surface area (Å²) in [5.74, 6) is 2.68. The van der Waals surface area contributed by atoms with Gasteiger partial charge in [-0.1, -0.05) is 5.92 Å². The Morgan fingerprint density at radius 3 is 2.73 bits per heavy atom. The van der Waals surface area contributed by atoms with E-state index in [1.54, 1.807) is 0 Å². The van der Waals surface area contributed by atoms with Crippen LogP contribution in [0.1, 0.15) is 41.8 Å². The topological polar surface area (TPSA) is 79.4 Å². The van der Waals surface area contributed by atoms with Crippen LogP contribution in [0.25, 0.3) is 32.2 Å². The Balaban J connectivity index is 1.39. The third-order valence-electron chi connectivity index (χ3n) is 6.89. The fourth-order valence-electron chi connectivity index (χ4n) is 5.42. The van der Waals surface area contributed by atoms with Gasteiger partial charge in [0.2, 0.25) is 0 Å². The van der Waals surface area contributed by atoms with Crippen LogP contribution in [0.15, 0.2) is 36.4 Å². The van der Waals surface area contributed by atoms with E-state index in [4.69, 9.17) is 21.1 Å². The Kier molecular flexibility index (Phi) is 6.07. The molecule has 188 valence electrons. The molecule has 3 aromatic heterocycles. The standard InChI is InChI=1S/C29H29N5O2S/c1-5-20-10-19(11-21(32-20)15-34-13-17(3)36-18(4)14-34)23-7-6-22-24(33-23)8-9-25-26(22)27-28(37-25)29(35)31-16(2)12-30-27/h1,6-11,16-18,30H,12-15H2,2-4H3,(H,31,35)/t16-,17-,18-/m1/s1. The molecule has 1 aromatic carbocycles. The molecule has 5 heterocycles. The Morgan fingerprint density at radius 1 is 1.14 bits per heavy atom. The number of nitrogens with one attached hydrogen (secondary N) is 2. The second-order valence-electron chi connectivity index (χ2n) is 10.1. The summed E-state index contributed by atoms with van der Waals surface area (Å²) in [4.78, 5) is 25.5. The monoisotopic (exact) mass is 511 g/mol. The van der Waals surface area contributed by atoms with Crippen molar-refractivity contribution in [3.63, 3.8) is 0 Å². The van der Waals surface area contributed by atoms with Crippen LogP contribution < -0.4 is 10.6 Å². The van der Waals surface area contributed by atoms with Crippen molar-refractivity contribution in [2.24, 2.45) is 0 Å². The number of ether oxygens (including phenoxy) is 1. The van der Waals surface area contributed by atoms with Gasteiger partial charge in [-0.15, -0.1) is 17.8 Å². The van der Waals surface area contributed by atoms with Gasteiger partial charge < -0.3 is 15.4 Å². The summed E-state index contributed by atoms with van der Waals surface area (Å²) in [6.45, 7) is 9.32. The average molecular weight is 512 g/mol. The van der Waals surface area contributed by atoms with E-state index in [9.17, 15) is 4.79 Å². The number of morpholine rings is 1. The number of hydrogen-bond donors (Lipinski definition) is 2. The highest BCUT2D eigenvalue weighted by molar-refractivity contribution is 7.21. The summed E-state index contributed by atoms with van der Waals surface area (Å²) in [5, 5.41) is 8.61. The van der Waals surface area contributed by atoms with Gasteiger partial charge in [-0.3, -0.25) is 9.69 Å². The maximum Gasteiger partial charge on any atom is 0.263 e. The summed E-state index contributed by atoms with van der Waals surface area (Å²) in [7, 11) is 0. The predicted molar refractivity (Wildman–Crippen MR) is 149 cm³/mol. The minimum atomic E-state index is -0.0263. The van der Waals surface area contributed by atoms with Crippen molar-refractivity contribution < 1.29 is 9.53 Å². The van der Waals surface area contributed by atoms with Crippen molar-refractivity contribution in [3.05, 3.63) is 52.7 Å². The SMILES string of the molecule is C#Cc1cc(-c2ccc3c(ccc4sc5c(c43)NC[C@@H](C)NC5=O)n2)cc(CN2C[C@@H](C)O[C@H](C)C2)n1. The fourth-order valence-corrected chi connectivity index (χ4v) is 6.52. The van der Waals surface area contributed by atoms with Crippen molar-refractivity contribution in [3.8, 4) is 23.6 Å². The number of benzene rings is 1. The predicted octanol–water partition coefficient (Wildman–Crippen LogP) is 4.65. The van der Waals surface area contributed by atoms with E-state index in [1.807, 2.05) is 25.1 Å². The molecule has 3 atom stereocenters. The van der Waals surface area contributed by atoms with E-state index >= 15 is 0 Å². The molecule has 0 unspecified atom stereocenters. The Bertz CT molecular complexity index is 1560. The van der Waals surface area contributed by atoms with Crippen molar-refractivity contribution >= 4 is 43.9 Å². The molecule has 1 saturated heterocycles. The lowest BCUT2D eigenvalue weighted by Crippen LogP contribution is -2.44. The molecule has 6 rings (SSSR count). The lowest BCUT2D eigenvalue weighted by atomic mass is 10.1. The van der Waals surface area contributed by atoms with Crippen molar-refractivity contribution in [2.45, 2.75) is 45.6 Å². The minimum Gasteiger partial charge on any atom is -0.381 e. The zero-order valence-corrected chi connectivity index (χ0v) is 22.0. The molecule has 2 N–H and O–H groups in total. The van der Waals surface area contributed by atoms with Gasteiger partial charge in [-0.05, 0) is 57.2 Å². The maximum atomic E-state index is 12.7. The largest absolute Gasteiger partial charge is 0.381 e. The van der Waals surface area contributed by atoms with Gasteiger partial charge in [0, 0.05) is 53.3 Å². The number of thiophene rings is 1. The number of terminal acetylenes is 1. The highest BCUT2D eigenvalue weighted by atomic mass is 32.1. The number of carbonyl (C=O) groups excluding carboxylic acids is 1. The molecule has 37 heavy (non-hydrogen) atoms. The molecular formula is C29H29N5O2S. The molecule has 7 nitrogen and oxygen atoms in total. The van der Waals surface area contributed by atoms with Crippen LogP contribution in [0, 0.1) is 12.3 Å². The van der Waals surface area contributed by atoms with E-state index in [0.717, 1.165) is 61.6 Å². The number of aromatic nitrogens is 2. The Morgan fingerprint density at radius 2 is 1.95 bits per heavy atom. The first-order chi connectivity index (χ1) is 17.9. The summed E-state index contributed by atoms with van der Waals surface area (Å²) in [6.07, 6.45) is 6.16. The third kappa shape index (κ3) is 4.55. The van der Waals surface area contributed by atoms with E-state index in [-0.39, 0.29) is 24.2 Å². The van der Waals surface area contributed by atoms with Crippen LogP contribution in [0.3, 0.4) is 0 Å². The van der Waals surface area contributed by atoms with Crippen LogP contribution in [-0.4, -0.2) is 58.7 Å². The highest BCUT2D eigenvalue weighted by Gasteiger charge is 2.25. The van der Waals surface area contributed by atoms with E-state index < -0.39 is 0 Å². The number of fused-ring (bicyclic) bond motifs is 5. The number of anilines is 1. The number of hydrogen-bond acceptors (Lipinski definition) is 7. The Hall–Kier alpha value is -3.51. The maximum absolute atomic E-state index is 12.7. The lowest BCUT2D eigenvalue weighted by Gasteiger charge is -2.35. The molecule has 4 aromatic rings. The average Bonchev–Trinajstić information content (AvgIpc) is 3.19. The van der Waals surface area contributed by atoms with Crippen LogP contribution in [-0.2, 0) is 11.3 Å². The van der Waals surface area contributed by atoms with E-state index in [0.29, 0.717) is 18.8 Å². The summed E-state index contributed by atoms with van der Waals surface area (Å²) in [5.41, 5.74) is 5.10. The first-order valence-electron chi connectivity index (χ1n) is 12.6. The third-order valence-corrected chi connectivity index (χ3v) is 8.05. The first-order valence-corrected chi connectivity index (χ1v) is 13.5. The van der Waals surface area contributed by atoms with Crippen LogP contribution in [0.2, 0.25) is 0 Å². The number of amides is 1. The van der Waals surface area contributed by atoms with Crippen LogP contribution in [0.5, 0.6) is 0 Å². The zero-order chi connectivity index (χ0) is 25.7. The minimum absolute atomic E-state index is 0.0263. The van der Waals surface area contributed by atoms with Crippen LogP contribution in [0.4, 0.5) is 5.69 Å². The molecule has 1 fully saturated rings. The summed E-state index contributed by atoms with van der Waals surface area (Å²) >= 11 is 1.52. The summed E-state index contributed by atoms with van der Waals surface area (Å²) < 4.78 is 6.95. The second-order valence-corrected chi connectivity index (χ2v) is 11.1. The van der Waals surface area contributed by atoms with Gasteiger partial charge in [0.25, 0.3) is 5.91 Å². The highest BCUT2D eigenvalue weighted by Crippen LogP contribution is 2.41. The number of nitrogens with zero attached hydrogens (tertiary/aromatic N) is 3. The van der Waals surface area contributed by atoms with Gasteiger partial charge in [0.05, 0.1) is 34.8 Å². The second kappa shape index (κ2) is 9.42. The van der Waals surface area contributed by atoms with Gasteiger partial charge in [-0.2, -0.15) is 0 Å². The van der Waals surface area contributed by atoms with Gasteiger partial charge in [0.1, 0.15) is 10.6 Å². The van der Waals surface area contributed by atoms with Gasteiger partial charge in [0.15, 0.2) is 0 Å². The Labute approximate surface area is 220 Å². The molecule has 0 radical (unpaired) electrons. The molecule has 2 aliphatic rings. The van der Waals surface area contributed by atoms with E-state index in [2.05, 4.69) is 53.5 Å². The molecule has 8 heteroatoms. The lowest BCUT2D eigenvalue weighted by molar-refractivity contribution is -0.0707. The number of pyridine rings is 2. The molecular weight excluding hydrogens is 482 g/mol. The smallest absolute Gasteiger partial charge is 0.263 e. The molecule has 0 bridgehead atoms. The normalized spacial score (nSPS) is 22.2. The van der Waals surface area contributed by atoms with Gasteiger partial charge in [-0.25, -0.2) is 9.97 Å². The zero-order valence-electron chi connectivity index (χ0n) is 21.2. The van der Waals surface area contributed by atoms with Gasteiger partial charge >= 0.3 is 0 Å². The van der Waals surface area contributed by atoms with Crippen molar-refractivity contribution in [2.75, 3.05) is 25.0 Å². The number of rotatable bonds is 3. The van der Waals surface area contributed by atoms with Crippen LogP contribution >= 0.6 is 11.3 Å². The summed E-state index contributed by atoms with van der Waals surface area (Å²) in [6, 6.07) is 12.3. The van der Waals surface area contributed by atoms with E-state index in [1.165, 1.54) is 11.3 Å². The van der Waals surface area contributed by atoms with Crippen molar-refractivity contribution in [1.82, 2.24) is 20.2 Å². The molecule has 2 aliphatic heterocycles. The fraction of sp³-hybridized carbons (Fsp3) is 0.345. The van der Waals surface area contributed by atoms with Crippen molar-refractivity contribution in [1.29, 1.82) is 0 Å². The first kappa shape index (κ1) is 23.9. The molecule has 0 spiro atoms. The quantitative estimate of drug-likeness (QED) is 0.390.